The number of hydrogen-bond donors (Lipinski definition) is 0. The van der Waals surface area contributed by atoms with Crippen LogP contribution in [-0.4, -0.2) is 77.1 Å². The predicted molar refractivity (Wildman–Crippen MR) is 392 cm³/mol. The van der Waals surface area contributed by atoms with Crippen molar-refractivity contribution in [2.45, 2.75) is 34.1 Å². The van der Waals surface area contributed by atoms with Crippen LogP contribution in [-0.2, 0) is 11.2 Å². The van der Waals surface area contributed by atoms with Gasteiger partial charge < -0.3 is 32.8 Å². The van der Waals surface area contributed by atoms with Crippen LogP contribution in [0.1, 0.15) is 59.8 Å². The van der Waals surface area contributed by atoms with Crippen molar-refractivity contribution in [2.24, 2.45) is 0 Å². The van der Waals surface area contributed by atoms with Crippen LogP contribution in [0.25, 0.3) is 88.3 Å². The highest BCUT2D eigenvalue weighted by Crippen LogP contribution is 2.41. The van der Waals surface area contributed by atoms with Crippen molar-refractivity contribution in [3.05, 3.63) is 236 Å². The van der Waals surface area contributed by atoms with Gasteiger partial charge in [0.15, 0.2) is 23.0 Å². The average Bonchev–Trinajstić information content (AvgIpc) is 1.00. The third kappa shape index (κ3) is 14.2. The molecule has 19 nitrogen and oxygen atoms in total. The zero-order valence-corrected chi connectivity index (χ0v) is 60.5. The van der Waals surface area contributed by atoms with Gasteiger partial charge in [-0.1, -0.05) is 54.6 Å². The molecule has 6 aromatic heterocycles. The standard InChI is InChI=1S/C21H12Br2N2O3.C18H11BrN2O3.C18H11BrN2O2S.C16H13BrN2O3/c22-13-10-14(23)20(19-18(13)24-15-3-1-2-4-16(15)25-19)28-21(26)12-5-6-17-11(9-12)7-8-27-17;1-10-9-11(19)15-16(21-13-6-3-2-5-12(13)20-15)17(10)24-18(22)14-7-4-8-23-14;1-10-9-11(19)15-16(21-13-6-3-2-5-12(13)20-15)17(10)23-18(22)14-7-4-8-24-14;1-3-21-16(20)22-15-9(2)8-10(17)13-14(15)19-12-7-5-4-6-11(12)18-13/h1-6,9-10H,7-8H2;2*2-9H,1H3;4-8H,3H2,1-2H3. The summed E-state index contributed by atoms with van der Waals surface area (Å²) in [5.41, 5.74) is 14.7. The molecule has 9 aromatic carbocycles. The highest BCUT2D eigenvalue weighted by atomic mass is 79.9. The Morgan fingerprint density at radius 2 is 0.837 bits per heavy atom. The van der Waals surface area contributed by atoms with Gasteiger partial charge in [-0.3, -0.25) is 0 Å². The Bertz CT molecular complexity index is 5520. The molecular weight excluding hydrogens is 1600 g/mol. The van der Waals surface area contributed by atoms with Crippen molar-refractivity contribution in [2.75, 3.05) is 13.2 Å². The van der Waals surface area contributed by atoms with E-state index in [1.807, 2.05) is 160 Å². The molecule has 0 radical (unpaired) electrons. The number of para-hydroxylation sites is 8. The second-order valence-corrected chi connectivity index (χ2v) is 26.9. The molecule has 7 heterocycles. The summed E-state index contributed by atoms with van der Waals surface area (Å²) >= 11 is 18.9. The Morgan fingerprint density at radius 1 is 0.429 bits per heavy atom. The average molecular weight is 1640 g/mol. The van der Waals surface area contributed by atoms with Gasteiger partial charge in [0.05, 0.1) is 73.6 Å². The number of nitrogens with zero attached hydrogens (tertiary/aromatic N) is 8. The van der Waals surface area contributed by atoms with Gasteiger partial charge in [-0.15, -0.1) is 11.3 Å². The smallest absolute Gasteiger partial charge is 0.493 e. The number of ether oxygens (including phenoxy) is 6. The maximum atomic E-state index is 12.8. The van der Waals surface area contributed by atoms with E-state index in [1.54, 1.807) is 37.3 Å². The second-order valence-electron chi connectivity index (χ2n) is 21.6. The number of hydrogen-bond acceptors (Lipinski definition) is 20. The van der Waals surface area contributed by atoms with E-state index in [4.69, 9.17) is 32.8 Å². The van der Waals surface area contributed by atoms with Gasteiger partial charge in [0.2, 0.25) is 5.76 Å². The van der Waals surface area contributed by atoms with Crippen LogP contribution < -0.4 is 23.7 Å². The van der Waals surface area contributed by atoms with E-state index in [-0.39, 0.29) is 18.3 Å². The monoisotopic (exact) mass is 1640 g/mol. The minimum Gasteiger partial charge on any atom is -0.493 e. The summed E-state index contributed by atoms with van der Waals surface area (Å²) in [6.45, 7) is 8.20. The zero-order valence-electron chi connectivity index (χ0n) is 51.7. The number of aromatic nitrogens is 8. The first-order valence-corrected chi connectivity index (χ1v) is 34.8. The van der Waals surface area contributed by atoms with Gasteiger partial charge in [0.1, 0.15) is 54.8 Å². The molecule has 16 rings (SSSR count). The summed E-state index contributed by atoms with van der Waals surface area (Å²) < 4.78 is 41.5. The minimum atomic E-state index is -0.746. The van der Waals surface area contributed by atoms with Gasteiger partial charge in [-0.05, 0) is 244 Å². The number of carbonyl (C=O) groups is 4. The summed E-state index contributed by atoms with van der Waals surface area (Å²) in [5, 5.41) is 1.84. The Kier molecular flexibility index (Phi) is 19.9. The van der Waals surface area contributed by atoms with Crippen molar-refractivity contribution < 1.29 is 52.0 Å². The number of esters is 3. The molecule has 0 aliphatic carbocycles. The summed E-state index contributed by atoms with van der Waals surface area (Å²) in [6.07, 6.45) is 1.47. The van der Waals surface area contributed by atoms with Crippen LogP contribution in [0, 0.1) is 20.8 Å². The maximum Gasteiger partial charge on any atom is 0.513 e. The Morgan fingerprint density at radius 3 is 1.26 bits per heavy atom. The Hall–Kier alpha value is -9.76. The second kappa shape index (κ2) is 29.1. The molecule has 0 bridgehead atoms. The van der Waals surface area contributed by atoms with Crippen LogP contribution in [0.2, 0.25) is 0 Å². The first-order chi connectivity index (χ1) is 47.5. The third-order valence-electron chi connectivity index (χ3n) is 15.0. The lowest BCUT2D eigenvalue weighted by Crippen LogP contribution is -2.11. The molecular formula is C73H47Br5N8O11S. The minimum absolute atomic E-state index is 0.138. The Balaban J connectivity index is 0.000000118. The fraction of sp³-hybridized carbons (Fsp3) is 0.0959. The molecule has 0 saturated carbocycles. The van der Waals surface area contributed by atoms with Crippen molar-refractivity contribution in [3.63, 3.8) is 0 Å². The Labute approximate surface area is 602 Å². The quantitative estimate of drug-likeness (QED) is 0.0594. The lowest BCUT2D eigenvalue weighted by molar-refractivity contribution is 0.0699. The number of aryl methyl sites for hydroxylation is 3. The molecule has 0 spiro atoms. The fourth-order valence-corrected chi connectivity index (χ4v) is 14.2. The molecule has 1 aliphatic heterocycles. The van der Waals surface area contributed by atoms with E-state index in [0.717, 1.165) is 96.4 Å². The SMILES string of the molecule is CCOC(=O)Oc1c(C)cc(Br)c2nc3ccccc3nc12.Cc1cc(Br)c2nc3ccccc3nc2c1OC(=O)c1ccco1.Cc1cc(Br)c2nc3ccccc3nc2c1OC(=O)c1cccs1.O=C(Oc1c(Br)cc(Br)c2nc3ccccc3nc12)c1ccc2c(c1)CCO2. The van der Waals surface area contributed by atoms with Gasteiger partial charge >= 0.3 is 24.1 Å². The lowest BCUT2D eigenvalue weighted by Gasteiger charge is -2.12. The summed E-state index contributed by atoms with van der Waals surface area (Å²) in [4.78, 5) is 86.7. The van der Waals surface area contributed by atoms with Gasteiger partial charge in [0.25, 0.3) is 0 Å². The van der Waals surface area contributed by atoms with E-state index in [1.165, 1.54) is 17.6 Å². The van der Waals surface area contributed by atoms with E-state index in [9.17, 15) is 19.2 Å². The molecule has 0 amide bonds. The maximum absolute atomic E-state index is 12.8. The number of rotatable bonds is 8. The zero-order chi connectivity index (χ0) is 68.3. The highest BCUT2D eigenvalue weighted by molar-refractivity contribution is 9.11. The number of carbonyl (C=O) groups excluding carboxylic acids is 4. The van der Waals surface area contributed by atoms with Crippen LogP contribution in [0.5, 0.6) is 28.7 Å². The molecule has 0 unspecified atom stereocenters. The molecule has 25 heteroatoms. The highest BCUT2D eigenvalue weighted by Gasteiger charge is 2.24. The van der Waals surface area contributed by atoms with Gasteiger partial charge in [0, 0.05) is 24.3 Å². The number of fused-ring (bicyclic) bond motifs is 9. The van der Waals surface area contributed by atoms with Crippen LogP contribution in [0.15, 0.2) is 202 Å². The molecule has 0 N–H and O–H groups in total. The van der Waals surface area contributed by atoms with Gasteiger partial charge in [-0.25, -0.2) is 59.0 Å². The van der Waals surface area contributed by atoms with E-state index < -0.39 is 18.1 Å². The topological polar surface area (TPSA) is 240 Å². The third-order valence-corrected chi connectivity index (χ3v) is 18.9. The molecule has 486 valence electrons. The summed E-state index contributed by atoms with van der Waals surface area (Å²) in [5.74, 6) is 1.11. The first kappa shape index (κ1) is 66.8. The molecule has 15 aromatic rings. The fourth-order valence-electron chi connectivity index (χ4n) is 10.4. The van der Waals surface area contributed by atoms with Gasteiger partial charge in [-0.2, -0.15) is 0 Å². The van der Waals surface area contributed by atoms with Crippen molar-refractivity contribution in [3.8, 4) is 28.7 Å². The van der Waals surface area contributed by atoms with Crippen LogP contribution in [0.4, 0.5) is 4.79 Å². The number of thiophene rings is 1. The molecule has 0 fully saturated rings. The molecule has 1 aliphatic rings. The van der Waals surface area contributed by atoms with Crippen LogP contribution >= 0.6 is 91.0 Å². The van der Waals surface area contributed by atoms with E-state index in [0.29, 0.717) is 88.7 Å². The van der Waals surface area contributed by atoms with Crippen molar-refractivity contribution >= 4 is 203 Å². The summed E-state index contributed by atoms with van der Waals surface area (Å²) in [7, 11) is 0. The molecule has 98 heavy (non-hydrogen) atoms. The number of benzene rings is 9. The van der Waals surface area contributed by atoms with Crippen LogP contribution in [0.3, 0.4) is 0 Å². The van der Waals surface area contributed by atoms with Crippen molar-refractivity contribution in [1.29, 1.82) is 0 Å². The molecule has 0 atom stereocenters. The number of halogens is 5. The van der Waals surface area contributed by atoms with Crippen molar-refractivity contribution in [1.82, 2.24) is 39.9 Å². The van der Waals surface area contributed by atoms with E-state index >= 15 is 0 Å². The lowest BCUT2D eigenvalue weighted by atomic mass is 10.1. The van der Waals surface area contributed by atoms with E-state index in [2.05, 4.69) is 120 Å². The molecule has 0 saturated heterocycles. The predicted octanol–water partition coefficient (Wildman–Crippen LogP) is 19.7. The first-order valence-electron chi connectivity index (χ1n) is 29.9. The normalized spacial score (nSPS) is 11.5. The number of furan rings is 1. The largest absolute Gasteiger partial charge is 0.513 e. The summed E-state index contributed by atoms with van der Waals surface area (Å²) in [6, 6.07) is 49.8.